The second-order valence-electron chi connectivity index (χ2n) is 14.3. The molecule has 0 amide bonds. The Morgan fingerprint density at radius 2 is 0.855 bits per heavy atom. The van der Waals surface area contributed by atoms with Crippen LogP contribution in [0.25, 0.3) is 116 Å². The maximum absolute atomic E-state index is 7.14. The number of rotatable bonds is 4. The molecule has 3 heterocycles. The van der Waals surface area contributed by atoms with Gasteiger partial charge in [0, 0.05) is 43.7 Å². The quantitative estimate of drug-likeness (QED) is 0.171. The molecule has 0 aliphatic rings. The van der Waals surface area contributed by atoms with Crippen LogP contribution in [0.1, 0.15) is 0 Å². The predicted octanol–water partition coefficient (Wildman–Crippen LogP) is 14.7. The van der Waals surface area contributed by atoms with E-state index < -0.39 is 0 Å². The van der Waals surface area contributed by atoms with Gasteiger partial charge in [-0.05, 0) is 80.7 Å². The van der Waals surface area contributed by atoms with Gasteiger partial charge in [-0.2, -0.15) is 0 Å². The number of benzene rings is 9. The van der Waals surface area contributed by atoms with E-state index in [0.717, 1.165) is 71.8 Å². The van der Waals surface area contributed by atoms with Crippen molar-refractivity contribution in [2.45, 2.75) is 0 Å². The average Bonchev–Trinajstić information content (AvgIpc) is 3.92. The number of aromatic nitrogens is 1. The molecule has 0 spiro atoms. The van der Waals surface area contributed by atoms with Crippen molar-refractivity contribution in [2.24, 2.45) is 0 Å². The minimum atomic E-state index is 0.837. The largest absolute Gasteiger partial charge is 0.456 e. The smallest absolute Gasteiger partial charge is 0.144 e. The highest BCUT2D eigenvalue weighted by atomic mass is 16.3. The number of hydrogen-bond donors (Lipinski definition) is 0. The summed E-state index contributed by atoms with van der Waals surface area (Å²) in [6.07, 6.45) is 0. The maximum atomic E-state index is 7.14. The first kappa shape index (κ1) is 30.1. The topological polar surface area (TPSA) is 31.2 Å². The molecule has 0 aliphatic carbocycles. The number of hydrogen-bond acceptors (Lipinski definition) is 2. The summed E-state index contributed by atoms with van der Waals surface area (Å²) >= 11 is 0. The van der Waals surface area contributed by atoms with Crippen molar-refractivity contribution < 1.29 is 8.83 Å². The Kier molecular flexibility index (Phi) is 6.34. The van der Waals surface area contributed by atoms with E-state index in [0.29, 0.717) is 0 Å². The zero-order chi connectivity index (χ0) is 36.0. The molecular formula is C52H31NO2. The maximum Gasteiger partial charge on any atom is 0.144 e. The highest BCUT2D eigenvalue weighted by molar-refractivity contribution is 6.27. The molecule has 3 aromatic heterocycles. The molecule has 12 aromatic rings. The van der Waals surface area contributed by atoms with Gasteiger partial charge in [0.15, 0.2) is 0 Å². The highest BCUT2D eigenvalue weighted by Crippen LogP contribution is 2.51. The Balaban J connectivity index is 1.20. The number of para-hydroxylation sites is 3. The molecule has 0 unspecified atom stereocenters. The van der Waals surface area contributed by atoms with Gasteiger partial charge >= 0.3 is 0 Å². The van der Waals surface area contributed by atoms with Crippen LogP contribution >= 0.6 is 0 Å². The Morgan fingerprint density at radius 1 is 0.309 bits per heavy atom. The second kappa shape index (κ2) is 11.6. The van der Waals surface area contributed by atoms with Crippen molar-refractivity contribution in [3.8, 4) is 39.3 Å². The van der Waals surface area contributed by atoms with Crippen LogP contribution in [0.4, 0.5) is 0 Å². The van der Waals surface area contributed by atoms with Crippen molar-refractivity contribution in [3.63, 3.8) is 0 Å². The molecule has 0 fully saturated rings. The third-order valence-corrected chi connectivity index (χ3v) is 11.4. The van der Waals surface area contributed by atoms with Crippen LogP contribution < -0.4 is 0 Å². The van der Waals surface area contributed by atoms with Crippen LogP contribution in [-0.4, -0.2) is 4.57 Å². The van der Waals surface area contributed by atoms with Crippen molar-refractivity contribution >= 4 is 76.3 Å². The van der Waals surface area contributed by atoms with Gasteiger partial charge in [0.1, 0.15) is 22.5 Å². The van der Waals surface area contributed by atoms with Crippen molar-refractivity contribution in [1.82, 2.24) is 4.57 Å². The predicted molar refractivity (Wildman–Crippen MR) is 229 cm³/mol. The van der Waals surface area contributed by atoms with Gasteiger partial charge in [-0.3, -0.25) is 0 Å². The van der Waals surface area contributed by atoms with Crippen molar-refractivity contribution in [3.05, 3.63) is 188 Å². The number of nitrogens with zero attached hydrogens (tertiary/aromatic N) is 1. The number of furan rings is 2. The van der Waals surface area contributed by atoms with E-state index >= 15 is 0 Å². The van der Waals surface area contributed by atoms with E-state index in [1.807, 2.05) is 18.2 Å². The average molecular weight is 702 g/mol. The molecule has 256 valence electrons. The molecule has 0 radical (unpaired) electrons. The van der Waals surface area contributed by atoms with E-state index in [2.05, 4.69) is 174 Å². The SMILES string of the molecule is c1ccc(-c2c(-c3c4ccccc4c(-c4ccc5c6ccccc6n(-c6ccccc6)c5c4)c4ccccc34)oc3ccc4oc5ccccc5c4c23)cc1. The van der Waals surface area contributed by atoms with Crippen molar-refractivity contribution in [2.75, 3.05) is 0 Å². The fraction of sp³-hybridized carbons (Fsp3) is 0. The van der Waals surface area contributed by atoms with E-state index in [4.69, 9.17) is 8.83 Å². The molecular weight excluding hydrogens is 671 g/mol. The lowest BCUT2D eigenvalue weighted by atomic mass is 9.85. The van der Waals surface area contributed by atoms with Crippen LogP contribution in [0.2, 0.25) is 0 Å². The Labute approximate surface area is 315 Å². The van der Waals surface area contributed by atoms with Gasteiger partial charge in [0.05, 0.1) is 11.0 Å². The lowest BCUT2D eigenvalue weighted by molar-refractivity contribution is 0.633. The van der Waals surface area contributed by atoms with E-state index in [-0.39, 0.29) is 0 Å². The van der Waals surface area contributed by atoms with Gasteiger partial charge in [-0.25, -0.2) is 0 Å². The zero-order valence-corrected chi connectivity index (χ0v) is 29.7. The molecule has 0 bridgehead atoms. The first-order chi connectivity index (χ1) is 27.3. The molecule has 55 heavy (non-hydrogen) atoms. The zero-order valence-electron chi connectivity index (χ0n) is 29.7. The van der Waals surface area contributed by atoms with Gasteiger partial charge in [-0.15, -0.1) is 0 Å². The summed E-state index contributed by atoms with van der Waals surface area (Å²) < 4.78 is 16.0. The Hall–Kier alpha value is -7.36. The number of fused-ring (bicyclic) bond motifs is 10. The summed E-state index contributed by atoms with van der Waals surface area (Å²) in [7, 11) is 0. The third kappa shape index (κ3) is 4.32. The van der Waals surface area contributed by atoms with E-state index in [1.54, 1.807) is 0 Å². The van der Waals surface area contributed by atoms with Crippen LogP contribution in [0, 0.1) is 0 Å². The standard InChI is InChI=1S/C52H31NO2/c1-3-15-32(16-4-1)48-51-46(30-29-45-50(51)41-24-12-14-26-44(41)54-45)55-52(48)49-39-22-9-7-20-37(39)47(38-21-8-10-23-40(38)49)33-27-28-36-35-19-11-13-25-42(35)53(43(36)31-33)34-17-5-2-6-18-34/h1-31H. The summed E-state index contributed by atoms with van der Waals surface area (Å²) in [6, 6.07) is 67.1. The monoisotopic (exact) mass is 701 g/mol. The molecule has 3 nitrogen and oxygen atoms in total. The lowest BCUT2D eigenvalue weighted by Crippen LogP contribution is -1.94. The summed E-state index contributed by atoms with van der Waals surface area (Å²) in [5.74, 6) is 0.859. The Morgan fingerprint density at radius 3 is 1.56 bits per heavy atom. The highest BCUT2D eigenvalue weighted by Gasteiger charge is 2.26. The van der Waals surface area contributed by atoms with E-state index in [9.17, 15) is 0 Å². The molecule has 0 saturated carbocycles. The van der Waals surface area contributed by atoms with Crippen LogP contribution in [0.5, 0.6) is 0 Å². The molecule has 0 aliphatic heterocycles. The van der Waals surface area contributed by atoms with E-state index in [1.165, 1.54) is 43.7 Å². The first-order valence-corrected chi connectivity index (χ1v) is 18.8. The third-order valence-electron chi connectivity index (χ3n) is 11.4. The van der Waals surface area contributed by atoms with Gasteiger partial charge in [0.2, 0.25) is 0 Å². The van der Waals surface area contributed by atoms with Crippen molar-refractivity contribution in [1.29, 1.82) is 0 Å². The summed E-state index contributed by atoms with van der Waals surface area (Å²) in [6.45, 7) is 0. The van der Waals surface area contributed by atoms with Gasteiger partial charge in [-0.1, -0.05) is 146 Å². The summed E-state index contributed by atoms with van der Waals surface area (Å²) in [4.78, 5) is 0. The normalized spacial score (nSPS) is 12.0. The van der Waals surface area contributed by atoms with Crippen LogP contribution in [0.15, 0.2) is 197 Å². The first-order valence-electron chi connectivity index (χ1n) is 18.8. The molecule has 3 heteroatoms. The second-order valence-corrected chi connectivity index (χ2v) is 14.3. The van der Waals surface area contributed by atoms with Gasteiger partial charge < -0.3 is 13.4 Å². The minimum Gasteiger partial charge on any atom is -0.456 e. The molecule has 0 saturated heterocycles. The fourth-order valence-corrected chi connectivity index (χ4v) is 9.13. The lowest BCUT2D eigenvalue weighted by Gasteiger charge is -2.18. The Bertz CT molecular complexity index is 3420. The van der Waals surface area contributed by atoms with Crippen LogP contribution in [0.3, 0.4) is 0 Å². The molecule has 12 rings (SSSR count). The minimum absolute atomic E-state index is 0.837. The van der Waals surface area contributed by atoms with Crippen LogP contribution in [-0.2, 0) is 0 Å². The molecule has 9 aromatic carbocycles. The molecule has 0 atom stereocenters. The summed E-state index contributed by atoms with van der Waals surface area (Å²) in [5, 5.41) is 10.4. The summed E-state index contributed by atoms with van der Waals surface area (Å²) in [5.41, 5.74) is 11.7. The fourth-order valence-electron chi connectivity index (χ4n) is 9.13. The van der Waals surface area contributed by atoms with Gasteiger partial charge in [0.25, 0.3) is 0 Å². The molecule has 0 N–H and O–H groups in total.